The molecule has 5 rings (SSSR count). The molecule has 0 aliphatic heterocycles. The largest absolute Gasteiger partial charge is 0.311 e. The molecule has 2 heteroatoms. The van der Waals surface area contributed by atoms with E-state index < -0.39 is 0 Å². The Balaban J connectivity index is 1.18. The highest BCUT2D eigenvalue weighted by atomic mass is 15.0. The average Bonchev–Trinajstić information content (AvgIpc) is 2.98. The van der Waals surface area contributed by atoms with Gasteiger partial charge in [-0.05, 0) is 131 Å². The molecule has 5 aliphatic rings. The first-order chi connectivity index (χ1) is 14.9. The van der Waals surface area contributed by atoms with Crippen LogP contribution in [0.3, 0.4) is 0 Å². The van der Waals surface area contributed by atoms with E-state index in [2.05, 4.69) is 38.3 Å². The zero-order valence-electron chi connectivity index (χ0n) is 21.2. The molecule has 0 aromatic rings. The Hall–Kier alpha value is -0.0800. The third-order valence-electron chi connectivity index (χ3n) is 11.2. The Morgan fingerprint density at radius 3 is 1.23 bits per heavy atom. The van der Waals surface area contributed by atoms with E-state index in [0.29, 0.717) is 5.41 Å². The van der Waals surface area contributed by atoms with E-state index in [9.17, 15) is 0 Å². The number of rotatable bonds is 4. The van der Waals surface area contributed by atoms with Gasteiger partial charge in [0.05, 0.1) is 0 Å². The Morgan fingerprint density at radius 1 is 0.484 bits per heavy atom. The maximum absolute atomic E-state index is 4.16. The number of fused-ring (bicyclic) bond motifs is 3. The van der Waals surface area contributed by atoms with E-state index in [0.717, 1.165) is 59.7 Å². The number of hydrogen-bond acceptors (Lipinski definition) is 2. The summed E-state index contributed by atoms with van der Waals surface area (Å²) in [5.41, 5.74) is 0.540. The summed E-state index contributed by atoms with van der Waals surface area (Å²) in [5, 5.41) is 8.33. The van der Waals surface area contributed by atoms with Crippen molar-refractivity contribution >= 4 is 0 Å². The molecule has 0 spiro atoms. The van der Waals surface area contributed by atoms with Gasteiger partial charge in [0.15, 0.2) is 0 Å². The van der Waals surface area contributed by atoms with Gasteiger partial charge in [0.25, 0.3) is 0 Å². The number of nitrogens with one attached hydrogen (secondary N) is 2. The molecule has 6 unspecified atom stereocenters. The van der Waals surface area contributed by atoms with Crippen LogP contribution in [0.5, 0.6) is 0 Å². The zero-order valence-corrected chi connectivity index (χ0v) is 21.2. The van der Waals surface area contributed by atoms with Crippen molar-refractivity contribution in [3.05, 3.63) is 0 Å². The predicted octanol–water partition coefficient (Wildman–Crippen LogP) is 6.93. The summed E-state index contributed by atoms with van der Waals surface area (Å²) in [7, 11) is 0. The summed E-state index contributed by atoms with van der Waals surface area (Å²) in [6, 6.07) is 3.24. The van der Waals surface area contributed by atoms with Crippen LogP contribution in [0.15, 0.2) is 0 Å². The second-order valence-electron chi connectivity index (χ2n) is 13.6. The van der Waals surface area contributed by atoms with Crippen molar-refractivity contribution in [1.29, 1.82) is 0 Å². The molecule has 6 atom stereocenters. The van der Waals surface area contributed by atoms with Crippen molar-refractivity contribution in [2.75, 3.05) is 0 Å². The minimum atomic E-state index is 0.540. The molecule has 0 amide bonds. The highest BCUT2D eigenvalue weighted by Gasteiger charge is 2.57. The maximum atomic E-state index is 4.16. The molecule has 0 saturated heterocycles. The Labute approximate surface area is 193 Å². The highest BCUT2D eigenvalue weighted by Crippen LogP contribution is 2.63. The molecule has 31 heavy (non-hydrogen) atoms. The minimum Gasteiger partial charge on any atom is -0.311 e. The Morgan fingerprint density at radius 2 is 0.839 bits per heavy atom. The van der Waals surface area contributed by atoms with E-state index in [1.165, 1.54) is 89.9 Å². The normalized spacial score (nSPS) is 49.9. The average molecular weight is 429 g/mol. The highest BCUT2D eigenvalue weighted by molar-refractivity contribution is 5.08. The van der Waals surface area contributed by atoms with Crippen molar-refractivity contribution < 1.29 is 0 Å². The zero-order chi connectivity index (χ0) is 21.6. The summed E-state index contributed by atoms with van der Waals surface area (Å²) in [4.78, 5) is 0. The van der Waals surface area contributed by atoms with Crippen LogP contribution in [0.1, 0.15) is 118 Å². The molecule has 0 aromatic carbocycles. The van der Waals surface area contributed by atoms with Gasteiger partial charge in [0.1, 0.15) is 0 Å². The van der Waals surface area contributed by atoms with Gasteiger partial charge < -0.3 is 10.6 Å². The fraction of sp³-hybridized carbons (Fsp3) is 1.00. The van der Waals surface area contributed by atoms with Crippen LogP contribution in [0.4, 0.5) is 0 Å². The maximum Gasteiger partial charge on any atom is 0.00727 e. The standard InChI is InChI=1S/C29H52N2/c1-19-5-9-21(10-6-19)30-23-13-15-25-26-16-14-24(31-22-11-7-20(2)8-12-22)18-28(26)29(3,4)27(25)17-23/h19-28,30-31H,5-18H2,1-4H3. The summed E-state index contributed by atoms with van der Waals surface area (Å²) >= 11 is 0. The van der Waals surface area contributed by atoms with E-state index in [1.54, 1.807) is 0 Å². The monoisotopic (exact) mass is 428 g/mol. The Kier molecular flexibility index (Phi) is 6.80. The van der Waals surface area contributed by atoms with Crippen LogP contribution in [0.25, 0.3) is 0 Å². The molecule has 2 N–H and O–H groups in total. The van der Waals surface area contributed by atoms with E-state index >= 15 is 0 Å². The lowest BCUT2D eigenvalue weighted by atomic mass is 9.66. The van der Waals surface area contributed by atoms with Gasteiger partial charge in [-0.1, -0.05) is 27.7 Å². The molecule has 5 fully saturated rings. The van der Waals surface area contributed by atoms with Gasteiger partial charge in [-0.3, -0.25) is 0 Å². The first-order valence-electron chi connectivity index (χ1n) is 14.4. The molecular weight excluding hydrogens is 376 g/mol. The first kappa shape index (κ1) is 22.7. The van der Waals surface area contributed by atoms with Gasteiger partial charge >= 0.3 is 0 Å². The van der Waals surface area contributed by atoms with E-state index in [-0.39, 0.29) is 0 Å². The van der Waals surface area contributed by atoms with Crippen molar-refractivity contribution in [1.82, 2.24) is 10.6 Å². The lowest BCUT2D eigenvalue weighted by molar-refractivity contribution is 0.0964. The number of hydrogen-bond donors (Lipinski definition) is 2. The van der Waals surface area contributed by atoms with E-state index in [1.807, 2.05) is 0 Å². The molecule has 0 bridgehead atoms. The van der Waals surface area contributed by atoms with Crippen LogP contribution >= 0.6 is 0 Å². The van der Waals surface area contributed by atoms with Crippen molar-refractivity contribution in [3.63, 3.8) is 0 Å². The summed E-state index contributed by atoms with van der Waals surface area (Å²) < 4.78 is 0. The van der Waals surface area contributed by atoms with E-state index in [4.69, 9.17) is 0 Å². The fourth-order valence-electron chi connectivity index (χ4n) is 9.22. The van der Waals surface area contributed by atoms with Gasteiger partial charge in [-0.15, -0.1) is 0 Å². The third kappa shape index (κ3) is 4.77. The third-order valence-corrected chi connectivity index (χ3v) is 11.2. The van der Waals surface area contributed by atoms with Crippen molar-refractivity contribution in [3.8, 4) is 0 Å². The van der Waals surface area contributed by atoms with Crippen LogP contribution < -0.4 is 10.6 Å². The molecule has 0 radical (unpaired) electrons. The lowest BCUT2D eigenvalue weighted by Crippen LogP contribution is -2.46. The summed E-state index contributed by atoms with van der Waals surface area (Å²) in [6.07, 6.45) is 20.3. The minimum absolute atomic E-state index is 0.540. The van der Waals surface area contributed by atoms with Crippen LogP contribution in [0, 0.1) is 40.9 Å². The molecule has 5 saturated carbocycles. The topological polar surface area (TPSA) is 24.1 Å². The molecule has 2 nitrogen and oxygen atoms in total. The molecule has 5 aliphatic carbocycles. The molecule has 0 aromatic heterocycles. The van der Waals surface area contributed by atoms with Gasteiger partial charge in [0, 0.05) is 24.2 Å². The molecule has 178 valence electrons. The van der Waals surface area contributed by atoms with Crippen molar-refractivity contribution in [2.24, 2.45) is 40.9 Å². The second kappa shape index (κ2) is 9.28. The van der Waals surface area contributed by atoms with Crippen LogP contribution in [-0.2, 0) is 0 Å². The van der Waals surface area contributed by atoms with Crippen molar-refractivity contribution in [2.45, 2.75) is 142 Å². The van der Waals surface area contributed by atoms with Gasteiger partial charge in [-0.25, -0.2) is 0 Å². The molecule has 0 heterocycles. The molecular formula is C29H52N2. The Bertz CT molecular complexity index is 534. The van der Waals surface area contributed by atoms with Gasteiger partial charge in [-0.2, -0.15) is 0 Å². The second-order valence-corrected chi connectivity index (χ2v) is 13.6. The first-order valence-corrected chi connectivity index (χ1v) is 14.4. The SMILES string of the molecule is CC1CCC(NC2CCC3C4CCC(NC5CCC(C)CC5)CC4C(C)(C)C3C2)CC1. The van der Waals surface area contributed by atoms with Crippen LogP contribution in [-0.4, -0.2) is 24.2 Å². The summed E-state index contributed by atoms with van der Waals surface area (Å²) in [6.45, 7) is 10.2. The smallest absolute Gasteiger partial charge is 0.00727 e. The fourth-order valence-corrected chi connectivity index (χ4v) is 9.22. The quantitative estimate of drug-likeness (QED) is 0.507. The van der Waals surface area contributed by atoms with Crippen LogP contribution in [0.2, 0.25) is 0 Å². The lowest BCUT2D eigenvalue weighted by Gasteiger charge is -2.42. The summed E-state index contributed by atoms with van der Waals surface area (Å²) in [5.74, 6) is 5.91. The predicted molar refractivity (Wildman–Crippen MR) is 132 cm³/mol. The van der Waals surface area contributed by atoms with Gasteiger partial charge in [0.2, 0.25) is 0 Å².